The second-order valence-corrected chi connectivity index (χ2v) is 7.99. The molecular weight excluding hydrogens is 444 g/mol. The number of nitrogens with zero attached hydrogens (tertiary/aromatic N) is 4. The highest BCUT2D eigenvalue weighted by Gasteiger charge is 2.18. The maximum absolute atomic E-state index is 13.2. The third-order valence-electron chi connectivity index (χ3n) is 5.61. The van der Waals surface area contributed by atoms with Crippen molar-refractivity contribution in [3.05, 3.63) is 102 Å². The molecule has 1 aromatic carbocycles. The molecule has 3 N–H and O–H groups in total. The van der Waals surface area contributed by atoms with Crippen LogP contribution in [0.3, 0.4) is 0 Å². The maximum atomic E-state index is 13.2. The Hall–Kier alpha value is -4.79. The summed E-state index contributed by atoms with van der Waals surface area (Å²) in [5, 5.41) is 8.06. The van der Waals surface area contributed by atoms with Gasteiger partial charge in [-0.3, -0.25) is 14.6 Å². The predicted octanol–water partition coefficient (Wildman–Crippen LogP) is 3.21. The van der Waals surface area contributed by atoms with Gasteiger partial charge in [-0.2, -0.15) is 5.10 Å². The van der Waals surface area contributed by atoms with Crippen LogP contribution in [0.4, 0.5) is 0 Å². The van der Waals surface area contributed by atoms with Crippen LogP contribution < -0.4 is 11.1 Å². The van der Waals surface area contributed by atoms with Crippen molar-refractivity contribution in [2.45, 2.75) is 13.0 Å². The van der Waals surface area contributed by atoms with Crippen molar-refractivity contribution in [1.29, 1.82) is 0 Å². The van der Waals surface area contributed by atoms with Crippen molar-refractivity contribution >= 4 is 22.8 Å². The normalized spacial score (nSPS) is 11.0. The SMILES string of the molecule is NC(=O)c1cccc(CCNC(=O)c2cc(-c3cccnc3)nc3c2cnn3Cc2ccco2)c1. The van der Waals surface area contributed by atoms with Crippen LogP contribution in [0.15, 0.2) is 83.9 Å². The number of pyridine rings is 2. The molecule has 0 radical (unpaired) electrons. The lowest BCUT2D eigenvalue weighted by Crippen LogP contribution is -2.26. The number of primary amides is 1. The average Bonchev–Trinajstić information content (AvgIpc) is 3.54. The molecule has 5 aromatic rings. The molecule has 174 valence electrons. The second-order valence-electron chi connectivity index (χ2n) is 7.99. The average molecular weight is 467 g/mol. The van der Waals surface area contributed by atoms with E-state index in [-0.39, 0.29) is 5.91 Å². The van der Waals surface area contributed by atoms with Crippen molar-refractivity contribution in [3.63, 3.8) is 0 Å². The van der Waals surface area contributed by atoms with Gasteiger partial charge < -0.3 is 15.5 Å². The number of aromatic nitrogens is 4. The Kier molecular flexibility index (Phi) is 6.04. The zero-order chi connectivity index (χ0) is 24.2. The number of hydrogen-bond acceptors (Lipinski definition) is 6. The van der Waals surface area contributed by atoms with Gasteiger partial charge in [0.1, 0.15) is 12.3 Å². The third-order valence-corrected chi connectivity index (χ3v) is 5.61. The summed E-state index contributed by atoms with van der Waals surface area (Å²) >= 11 is 0. The van der Waals surface area contributed by atoms with Crippen LogP contribution in [0.25, 0.3) is 22.3 Å². The van der Waals surface area contributed by atoms with E-state index in [1.807, 2.05) is 30.3 Å². The van der Waals surface area contributed by atoms with Crippen molar-refractivity contribution in [1.82, 2.24) is 25.1 Å². The third kappa shape index (κ3) is 4.79. The fraction of sp³-hybridized carbons (Fsp3) is 0.115. The Morgan fingerprint density at radius 2 is 1.97 bits per heavy atom. The van der Waals surface area contributed by atoms with Gasteiger partial charge in [-0.05, 0) is 54.4 Å². The zero-order valence-electron chi connectivity index (χ0n) is 18.7. The summed E-state index contributed by atoms with van der Waals surface area (Å²) in [6, 6.07) is 16.2. The minimum atomic E-state index is -0.482. The minimum absolute atomic E-state index is 0.244. The summed E-state index contributed by atoms with van der Waals surface area (Å²) in [7, 11) is 0. The first-order valence-corrected chi connectivity index (χ1v) is 11.0. The molecule has 0 saturated carbocycles. The molecule has 0 saturated heterocycles. The number of furan rings is 1. The van der Waals surface area contributed by atoms with E-state index in [0.29, 0.717) is 47.4 Å². The lowest BCUT2D eigenvalue weighted by molar-refractivity contribution is 0.0954. The van der Waals surface area contributed by atoms with Gasteiger partial charge in [0, 0.05) is 30.1 Å². The standard InChI is InChI=1S/C26H22N6O3/c27-24(33)18-5-1-4-17(12-18)8-10-29-26(34)21-13-23(19-6-2-9-28-14-19)31-25-22(21)15-30-32(25)16-20-7-3-11-35-20/h1-7,9,11-15H,8,10,16H2,(H2,27,33)(H,29,34). The molecule has 0 fully saturated rings. The lowest BCUT2D eigenvalue weighted by atomic mass is 10.1. The molecule has 9 heteroatoms. The molecule has 4 heterocycles. The highest BCUT2D eigenvalue weighted by atomic mass is 16.3. The fourth-order valence-electron chi connectivity index (χ4n) is 3.86. The van der Waals surface area contributed by atoms with E-state index < -0.39 is 5.91 Å². The summed E-state index contributed by atoms with van der Waals surface area (Å²) in [5.41, 5.74) is 9.15. The molecule has 35 heavy (non-hydrogen) atoms. The minimum Gasteiger partial charge on any atom is -0.467 e. The first kappa shape index (κ1) is 22.0. The van der Waals surface area contributed by atoms with Gasteiger partial charge in [0.15, 0.2) is 5.65 Å². The van der Waals surface area contributed by atoms with Crippen LogP contribution in [0.1, 0.15) is 32.0 Å². The zero-order valence-corrected chi connectivity index (χ0v) is 18.7. The van der Waals surface area contributed by atoms with Gasteiger partial charge in [0.2, 0.25) is 5.91 Å². The number of amides is 2. The Morgan fingerprint density at radius 1 is 1.06 bits per heavy atom. The molecule has 0 aliphatic carbocycles. The van der Waals surface area contributed by atoms with Crippen LogP contribution in [0, 0.1) is 0 Å². The number of nitrogens with two attached hydrogens (primary N) is 1. The molecule has 9 nitrogen and oxygen atoms in total. The van der Waals surface area contributed by atoms with Crippen LogP contribution in [-0.2, 0) is 13.0 Å². The summed E-state index contributed by atoms with van der Waals surface area (Å²) < 4.78 is 7.17. The highest BCUT2D eigenvalue weighted by molar-refractivity contribution is 6.06. The van der Waals surface area contributed by atoms with Crippen molar-refractivity contribution in [2.75, 3.05) is 6.54 Å². The molecule has 4 aromatic heterocycles. The number of hydrogen-bond donors (Lipinski definition) is 2. The number of carbonyl (C=O) groups excluding carboxylic acids is 2. The number of fused-ring (bicyclic) bond motifs is 1. The maximum Gasteiger partial charge on any atom is 0.252 e. The first-order chi connectivity index (χ1) is 17.1. The van der Waals surface area contributed by atoms with Gasteiger partial charge in [-0.15, -0.1) is 0 Å². The Bertz CT molecular complexity index is 1490. The van der Waals surface area contributed by atoms with E-state index in [9.17, 15) is 9.59 Å². The van der Waals surface area contributed by atoms with Gasteiger partial charge in [0.05, 0.1) is 29.1 Å². The largest absolute Gasteiger partial charge is 0.467 e. The van der Waals surface area contributed by atoms with Gasteiger partial charge in [0.25, 0.3) is 5.91 Å². The molecule has 0 aliphatic rings. The molecule has 0 atom stereocenters. The summed E-state index contributed by atoms with van der Waals surface area (Å²) in [6.07, 6.45) is 7.18. The quantitative estimate of drug-likeness (QED) is 0.361. The van der Waals surface area contributed by atoms with E-state index in [0.717, 1.165) is 16.9 Å². The highest BCUT2D eigenvalue weighted by Crippen LogP contribution is 2.25. The van der Waals surface area contributed by atoms with E-state index in [2.05, 4.69) is 15.4 Å². The van der Waals surface area contributed by atoms with Crippen LogP contribution in [-0.4, -0.2) is 38.1 Å². The van der Waals surface area contributed by atoms with Crippen molar-refractivity contribution in [2.24, 2.45) is 5.73 Å². The van der Waals surface area contributed by atoms with E-state index in [4.69, 9.17) is 15.1 Å². The van der Waals surface area contributed by atoms with Crippen LogP contribution in [0.2, 0.25) is 0 Å². The van der Waals surface area contributed by atoms with Crippen LogP contribution in [0.5, 0.6) is 0 Å². The fourth-order valence-corrected chi connectivity index (χ4v) is 3.86. The van der Waals surface area contributed by atoms with E-state index in [1.54, 1.807) is 53.8 Å². The van der Waals surface area contributed by atoms with Crippen molar-refractivity contribution < 1.29 is 14.0 Å². The molecule has 0 bridgehead atoms. The summed E-state index contributed by atoms with van der Waals surface area (Å²) in [6.45, 7) is 0.769. The Labute approximate surface area is 200 Å². The smallest absolute Gasteiger partial charge is 0.252 e. The number of carbonyl (C=O) groups is 2. The molecular formula is C26H22N6O3. The number of nitrogens with one attached hydrogen (secondary N) is 1. The monoisotopic (exact) mass is 466 g/mol. The summed E-state index contributed by atoms with van der Waals surface area (Å²) in [4.78, 5) is 33.6. The number of rotatable bonds is 8. The molecule has 2 amide bonds. The Morgan fingerprint density at radius 3 is 2.74 bits per heavy atom. The molecule has 0 unspecified atom stereocenters. The summed E-state index contributed by atoms with van der Waals surface area (Å²) in [5.74, 6) is 0.00322. The van der Waals surface area contributed by atoms with Gasteiger partial charge in [-0.1, -0.05) is 12.1 Å². The van der Waals surface area contributed by atoms with Gasteiger partial charge >= 0.3 is 0 Å². The second kappa shape index (κ2) is 9.60. The molecule has 0 aliphatic heterocycles. The van der Waals surface area contributed by atoms with E-state index >= 15 is 0 Å². The van der Waals surface area contributed by atoms with Crippen LogP contribution >= 0.6 is 0 Å². The molecule has 0 spiro atoms. The first-order valence-electron chi connectivity index (χ1n) is 11.0. The molecule has 5 rings (SSSR count). The van der Waals surface area contributed by atoms with E-state index in [1.165, 1.54) is 0 Å². The lowest BCUT2D eigenvalue weighted by Gasteiger charge is -2.10. The van der Waals surface area contributed by atoms with Gasteiger partial charge in [-0.25, -0.2) is 9.67 Å². The number of benzene rings is 1. The van der Waals surface area contributed by atoms with Crippen molar-refractivity contribution in [3.8, 4) is 11.3 Å². The predicted molar refractivity (Wildman–Crippen MR) is 130 cm³/mol. The Balaban J connectivity index is 1.43. The topological polar surface area (TPSA) is 129 Å².